The summed E-state index contributed by atoms with van der Waals surface area (Å²) in [6, 6.07) is 16.3. The third-order valence-corrected chi connectivity index (χ3v) is 5.37. The minimum Gasteiger partial charge on any atom is -0.348 e. The zero-order valence-electron chi connectivity index (χ0n) is 14.7. The number of benzene rings is 2. The van der Waals surface area contributed by atoms with Crippen molar-refractivity contribution >= 4 is 5.91 Å². The molecule has 1 fully saturated rings. The summed E-state index contributed by atoms with van der Waals surface area (Å²) < 4.78 is 0. The second kappa shape index (κ2) is 7.40. The van der Waals surface area contributed by atoms with Gasteiger partial charge in [-0.05, 0) is 60.4 Å². The van der Waals surface area contributed by atoms with Gasteiger partial charge in [0, 0.05) is 31.7 Å². The molecule has 0 saturated heterocycles. The highest BCUT2D eigenvalue weighted by Crippen LogP contribution is 2.30. The van der Waals surface area contributed by atoms with Gasteiger partial charge in [-0.15, -0.1) is 0 Å². The van der Waals surface area contributed by atoms with E-state index in [4.69, 9.17) is 0 Å². The first-order valence-corrected chi connectivity index (χ1v) is 9.44. The number of nitrogens with zero attached hydrogens (tertiary/aromatic N) is 1. The number of nitrogens with one attached hydrogen (secondary N) is 1. The van der Waals surface area contributed by atoms with Gasteiger partial charge in [0.1, 0.15) is 0 Å². The van der Waals surface area contributed by atoms with E-state index < -0.39 is 0 Å². The Labute approximate surface area is 150 Å². The van der Waals surface area contributed by atoms with Gasteiger partial charge in [0.15, 0.2) is 0 Å². The van der Waals surface area contributed by atoms with E-state index in [1.54, 1.807) is 0 Å². The summed E-state index contributed by atoms with van der Waals surface area (Å²) in [5.41, 5.74) is 4.68. The van der Waals surface area contributed by atoms with Crippen LogP contribution in [0.2, 0.25) is 0 Å². The largest absolute Gasteiger partial charge is 0.348 e. The maximum atomic E-state index is 12.5. The van der Waals surface area contributed by atoms with Crippen molar-refractivity contribution in [2.75, 3.05) is 19.6 Å². The molecule has 0 radical (unpaired) electrons. The Morgan fingerprint density at radius 1 is 1.00 bits per heavy atom. The molecule has 0 aromatic heterocycles. The lowest BCUT2D eigenvalue weighted by molar-refractivity contribution is 0.0951. The summed E-state index contributed by atoms with van der Waals surface area (Å²) >= 11 is 0. The predicted molar refractivity (Wildman–Crippen MR) is 101 cm³/mol. The molecule has 1 amide bonds. The molecular weight excluding hydrogens is 308 g/mol. The molecule has 4 rings (SSSR count). The number of fused-ring (bicyclic) bond motifs is 1. The lowest BCUT2D eigenvalue weighted by atomic mass is 10.00. The zero-order chi connectivity index (χ0) is 17.1. The Hall–Kier alpha value is -2.13. The van der Waals surface area contributed by atoms with Crippen molar-refractivity contribution in [2.45, 2.75) is 32.2 Å². The van der Waals surface area contributed by atoms with Crippen molar-refractivity contribution in [3.63, 3.8) is 0 Å². The molecule has 3 nitrogen and oxygen atoms in total. The average molecular weight is 334 g/mol. The quantitative estimate of drug-likeness (QED) is 0.908. The average Bonchev–Trinajstić information content (AvgIpc) is 3.48. The fourth-order valence-electron chi connectivity index (χ4n) is 3.64. The van der Waals surface area contributed by atoms with Gasteiger partial charge in [-0.25, -0.2) is 0 Å². The van der Waals surface area contributed by atoms with E-state index in [9.17, 15) is 4.79 Å². The molecule has 1 aliphatic heterocycles. The summed E-state index contributed by atoms with van der Waals surface area (Å²) in [7, 11) is 0. The molecule has 25 heavy (non-hydrogen) atoms. The molecule has 3 heteroatoms. The number of hydrogen-bond donors (Lipinski definition) is 1. The van der Waals surface area contributed by atoms with E-state index in [2.05, 4.69) is 22.3 Å². The van der Waals surface area contributed by atoms with Gasteiger partial charge in [-0.3, -0.25) is 4.79 Å². The van der Waals surface area contributed by atoms with Crippen LogP contribution in [-0.2, 0) is 19.4 Å². The molecule has 0 spiro atoms. The molecule has 2 aliphatic rings. The van der Waals surface area contributed by atoms with Gasteiger partial charge in [0.2, 0.25) is 0 Å². The maximum Gasteiger partial charge on any atom is 0.251 e. The SMILES string of the molecule is O=C(NCc1ccccc1)c1ccc2c(c1)CCN(CC1CC1)CC2. The van der Waals surface area contributed by atoms with Crippen LogP contribution in [0.15, 0.2) is 48.5 Å². The molecule has 1 N–H and O–H groups in total. The second-order valence-corrected chi connectivity index (χ2v) is 7.40. The van der Waals surface area contributed by atoms with Gasteiger partial charge in [-0.1, -0.05) is 36.4 Å². The molecule has 1 saturated carbocycles. The first-order chi connectivity index (χ1) is 12.3. The molecular formula is C22H26N2O. The van der Waals surface area contributed by atoms with E-state index >= 15 is 0 Å². The van der Waals surface area contributed by atoms with Crippen molar-refractivity contribution < 1.29 is 4.79 Å². The maximum absolute atomic E-state index is 12.5. The van der Waals surface area contributed by atoms with E-state index in [0.717, 1.165) is 43.0 Å². The smallest absolute Gasteiger partial charge is 0.251 e. The van der Waals surface area contributed by atoms with Crippen LogP contribution in [0.4, 0.5) is 0 Å². The highest BCUT2D eigenvalue weighted by molar-refractivity contribution is 5.94. The predicted octanol–water partition coefficient (Wildman–Crippen LogP) is 3.43. The normalized spacial score (nSPS) is 17.6. The highest BCUT2D eigenvalue weighted by atomic mass is 16.1. The monoisotopic (exact) mass is 334 g/mol. The first kappa shape index (κ1) is 16.3. The topological polar surface area (TPSA) is 32.3 Å². The molecule has 2 aromatic rings. The third kappa shape index (κ3) is 4.29. The summed E-state index contributed by atoms with van der Waals surface area (Å²) in [5, 5.41) is 3.03. The van der Waals surface area contributed by atoms with Crippen LogP contribution in [0.25, 0.3) is 0 Å². The Morgan fingerprint density at radius 3 is 2.52 bits per heavy atom. The van der Waals surface area contributed by atoms with Crippen LogP contribution in [-0.4, -0.2) is 30.4 Å². The van der Waals surface area contributed by atoms with E-state index in [1.807, 2.05) is 36.4 Å². The lowest BCUT2D eigenvalue weighted by Crippen LogP contribution is -2.28. The minimum absolute atomic E-state index is 0.0192. The van der Waals surface area contributed by atoms with Crippen LogP contribution in [0.5, 0.6) is 0 Å². The summed E-state index contributed by atoms with van der Waals surface area (Å²) in [4.78, 5) is 15.1. The molecule has 1 aliphatic carbocycles. The Bertz CT molecular complexity index is 737. The van der Waals surface area contributed by atoms with Crippen molar-refractivity contribution in [3.8, 4) is 0 Å². The third-order valence-electron chi connectivity index (χ3n) is 5.37. The van der Waals surface area contributed by atoms with Gasteiger partial charge < -0.3 is 10.2 Å². The van der Waals surface area contributed by atoms with Crippen LogP contribution >= 0.6 is 0 Å². The Kier molecular flexibility index (Phi) is 4.84. The van der Waals surface area contributed by atoms with Gasteiger partial charge >= 0.3 is 0 Å². The van der Waals surface area contributed by atoms with E-state index in [1.165, 1.54) is 30.5 Å². The molecule has 130 valence electrons. The number of amides is 1. The zero-order valence-corrected chi connectivity index (χ0v) is 14.7. The van der Waals surface area contributed by atoms with Crippen LogP contribution in [0.1, 0.15) is 39.9 Å². The van der Waals surface area contributed by atoms with Crippen molar-refractivity contribution in [1.82, 2.24) is 10.2 Å². The fraction of sp³-hybridized carbons (Fsp3) is 0.409. The van der Waals surface area contributed by atoms with E-state index in [0.29, 0.717) is 6.54 Å². The molecule has 0 unspecified atom stereocenters. The first-order valence-electron chi connectivity index (χ1n) is 9.44. The lowest BCUT2D eigenvalue weighted by Gasteiger charge is -2.18. The second-order valence-electron chi connectivity index (χ2n) is 7.40. The number of carbonyl (C=O) groups excluding carboxylic acids is 1. The van der Waals surface area contributed by atoms with Gasteiger partial charge in [0.05, 0.1) is 0 Å². The van der Waals surface area contributed by atoms with E-state index in [-0.39, 0.29) is 5.91 Å². The van der Waals surface area contributed by atoms with Gasteiger partial charge in [0.25, 0.3) is 5.91 Å². The van der Waals surface area contributed by atoms with Crippen molar-refractivity contribution in [2.24, 2.45) is 5.92 Å². The van der Waals surface area contributed by atoms with Gasteiger partial charge in [-0.2, -0.15) is 0 Å². The molecule has 1 heterocycles. The van der Waals surface area contributed by atoms with Crippen LogP contribution in [0.3, 0.4) is 0 Å². The van der Waals surface area contributed by atoms with Crippen molar-refractivity contribution in [1.29, 1.82) is 0 Å². The number of carbonyl (C=O) groups is 1. The summed E-state index contributed by atoms with van der Waals surface area (Å²) in [6.07, 6.45) is 4.99. The minimum atomic E-state index is 0.0192. The Morgan fingerprint density at radius 2 is 1.76 bits per heavy atom. The summed E-state index contributed by atoms with van der Waals surface area (Å²) in [5.74, 6) is 0.964. The molecule has 0 bridgehead atoms. The van der Waals surface area contributed by atoms with Crippen LogP contribution in [0, 0.1) is 5.92 Å². The number of rotatable bonds is 5. The highest BCUT2D eigenvalue weighted by Gasteiger charge is 2.25. The van der Waals surface area contributed by atoms with Crippen LogP contribution < -0.4 is 5.32 Å². The fourth-order valence-corrected chi connectivity index (χ4v) is 3.64. The molecule has 2 aromatic carbocycles. The Balaban J connectivity index is 1.39. The van der Waals surface area contributed by atoms with Crippen molar-refractivity contribution in [3.05, 3.63) is 70.8 Å². The number of hydrogen-bond acceptors (Lipinski definition) is 2. The summed E-state index contributed by atoms with van der Waals surface area (Å²) in [6.45, 7) is 4.12. The standard InChI is InChI=1S/C22H26N2O/c25-22(23-15-17-4-2-1-3-5-17)21-9-8-19-10-12-24(16-18-6-7-18)13-11-20(19)14-21/h1-5,8-9,14,18H,6-7,10-13,15-16H2,(H,23,25). The molecule has 0 atom stereocenters.